The molecule has 8 heteroatoms. The smallest absolute Gasteiger partial charge is 0.266 e. The number of nitrogens with zero attached hydrogens (tertiary/aromatic N) is 3. The lowest BCUT2D eigenvalue weighted by molar-refractivity contribution is -0.122. The highest BCUT2D eigenvalue weighted by Crippen LogP contribution is 2.36. The first-order valence-corrected chi connectivity index (χ1v) is 12.9. The number of benzene rings is 3. The lowest BCUT2D eigenvalue weighted by Crippen LogP contribution is -2.30. The van der Waals surface area contributed by atoms with E-state index in [9.17, 15) is 4.79 Å². The van der Waals surface area contributed by atoms with E-state index in [1.54, 1.807) is 16.7 Å². The Hall–Kier alpha value is -3.39. The second-order valence-corrected chi connectivity index (χ2v) is 10.2. The SMILES string of the molecule is COc1ccc(-c2nn(-c3ccccc3)cc2/C=C2\SC(=S)N(CCc3ccccc3)C2=O)cc1Cl. The van der Waals surface area contributed by atoms with Gasteiger partial charge in [-0.2, -0.15) is 5.10 Å². The Labute approximate surface area is 224 Å². The maximum absolute atomic E-state index is 13.3. The van der Waals surface area contributed by atoms with Gasteiger partial charge in [0.1, 0.15) is 15.8 Å². The number of hydrogen-bond donors (Lipinski definition) is 0. The van der Waals surface area contributed by atoms with Gasteiger partial charge in [0.25, 0.3) is 5.91 Å². The van der Waals surface area contributed by atoms with Gasteiger partial charge in [-0.25, -0.2) is 4.68 Å². The largest absolute Gasteiger partial charge is 0.495 e. The minimum Gasteiger partial charge on any atom is -0.495 e. The minimum absolute atomic E-state index is 0.0906. The Bertz CT molecular complexity index is 1450. The van der Waals surface area contributed by atoms with Gasteiger partial charge in [-0.05, 0) is 48.4 Å². The molecule has 180 valence electrons. The molecule has 1 saturated heterocycles. The molecule has 0 N–H and O–H groups in total. The van der Waals surface area contributed by atoms with E-state index in [0.717, 1.165) is 23.2 Å². The van der Waals surface area contributed by atoms with Crippen molar-refractivity contribution in [2.75, 3.05) is 13.7 Å². The average molecular weight is 532 g/mol. The molecule has 0 bridgehead atoms. The number of rotatable bonds is 7. The van der Waals surface area contributed by atoms with Gasteiger partial charge in [-0.15, -0.1) is 0 Å². The number of para-hydroxylation sites is 1. The lowest BCUT2D eigenvalue weighted by atomic mass is 10.1. The van der Waals surface area contributed by atoms with Crippen LogP contribution in [0.1, 0.15) is 11.1 Å². The maximum Gasteiger partial charge on any atom is 0.266 e. The Balaban J connectivity index is 1.49. The summed E-state index contributed by atoms with van der Waals surface area (Å²) in [6, 6.07) is 25.4. The first-order chi connectivity index (χ1) is 17.5. The van der Waals surface area contributed by atoms with Crippen molar-refractivity contribution >= 4 is 51.9 Å². The number of aromatic nitrogens is 2. The molecule has 0 saturated carbocycles. The van der Waals surface area contributed by atoms with Crippen LogP contribution in [0.25, 0.3) is 23.0 Å². The standard InChI is InChI=1S/C28H22ClN3O2S2/c1-34-24-13-12-20(16-23(24)29)26-21(18-32(30-26)22-10-6-3-7-11-22)17-25-27(33)31(28(35)36-25)15-14-19-8-4-2-5-9-19/h2-13,16-18H,14-15H2,1H3/b25-17-. The van der Waals surface area contributed by atoms with E-state index in [-0.39, 0.29) is 5.91 Å². The van der Waals surface area contributed by atoms with E-state index in [1.165, 1.54) is 17.3 Å². The fourth-order valence-electron chi connectivity index (χ4n) is 3.96. The molecule has 0 unspecified atom stereocenters. The Morgan fingerprint density at radius 1 is 1.06 bits per heavy atom. The van der Waals surface area contributed by atoms with Gasteiger partial charge in [0.15, 0.2) is 0 Å². The van der Waals surface area contributed by atoms with Crippen LogP contribution in [-0.4, -0.2) is 38.6 Å². The van der Waals surface area contributed by atoms with Crippen molar-refractivity contribution in [3.05, 3.63) is 106 Å². The third-order valence-corrected chi connectivity index (χ3v) is 7.49. The van der Waals surface area contributed by atoms with E-state index >= 15 is 0 Å². The first-order valence-electron chi connectivity index (χ1n) is 11.3. The molecule has 1 aliphatic rings. The Morgan fingerprint density at radius 2 is 1.78 bits per heavy atom. The molecule has 1 fully saturated rings. The summed E-state index contributed by atoms with van der Waals surface area (Å²) in [4.78, 5) is 15.5. The highest BCUT2D eigenvalue weighted by molar-refractivity contribution is 8.26. The molecule has 5 rings (SSSR count). The van der Waals surface area contributed by atoms with Crippen LogP contribution >= 0.6 is 35.6 Å². The molecular weight excluding hydrogens is 510 g/mol. The summed E-state index contributed by atoms with van der Waals surface area (Å²) in [6.07, 6.45) is 4.52. The van der Waals surface area contributed by atoms with Gasteiger partial charge in [-0.3, -0.25) is 9.69 Å². The van der Waals surface area contributed by atoms with E-state index in [1.807, 2.05) is 79.0 Å². The van der Waals surface area contributed by atoms with E-state index in [0.29, 0.717) is 32.2 Å². The molecule has 0 radical (unpaired) electrons. The summed E-state index contributed by atoms with van der Waals surface area (Å²) in [6.45, 7) is 0.538. The van der Waals surface area contributed by atoms with E-state index in [2.05, 4.69) is 12.1 Å². The average Bonchev–Trinajstić information content (AvgIpc) is 3.44. The first kappa shape index (κ1) is 24.3. The van der Waals surface area contributed by atoms with E-state index < -0.39 is 0 Å². The van der Waals surface area contributed by atoms with Crippen molar-refractivity contribution in [2.24, 2.45) is 0 Å². The zero-order valence-corrected chi connectivity index (χ0v) is 21.8. The summed E-state index contributed by atoms with van der Waals surface area (Å²) in [5, 5.41) is 5.32. The van der Waals surface area contributed by atoms with Crippen molar-refractivity contribution in [1.82, 2.24) is 14.7 Å². The molecule has 36 heavy (non-hydrogen) atoms. The second kappa shape index (κ2) is 10.7. The molecule has 0 atom stereocenters. The number of halogens is 1. The van der Waals surface area contributed by atoms with Crippen molar-refractivity contribution in [3.63, 3.8) is 0 Å². The fraction of sp³-hybridized carbons (Fsp3) is 0.107. The summed E-state index contributed by atoms with van der Waals surface area (Å²) in [7, 11) is 1.58. The number of hydrogen-bond acceptors (Lipinski definition) is 5. The van der Waals surface area contributed by atoms with Crippen LogP contribution in [0.15, 0.2) is 90.0 Å². The molecule has 3 aromatic carbocycles. The van der Waals surface area contributed by atoms with Crippen molar-refractivity contribution in [3.8, 4) is 22.7 Å². The molecule has 1 aliphatic heterocycles. The van der Waals surface area contributed by atoms with Crippen LogP contribution in [0.4, 0.5) is 0 Å². The van der Waals surface area contributed by atoms with Crippen LogP contribution < -0.4 is 4.74 Å². The van der Waals surface area contributed by atoms with Crippen LogP contribution in [0, 0.1) is 0 Å². The highest BCUT2D eigenvalue weighted by atomic mass is 35.5. The summed E-state index contributed by atoms with van der Waals surface area (Å²) < 4.78 is 7.67. The third kappa shape index (κ3) is 5.09. The third-order valence-electron chi connectivity index (χ3n) is 5.82. The van der Waals surface area contributed by atoms with Gasteiger partial charge in [0.05, 0.1) is 22.7 Å². The quantitative estimate of drug-likeness (QED) is 0.197. The van der Waals surface area contributed by atoms with Crippen molar-refractivity contribution < 1.29 is 9.53 Å². The van der Waals surface area contributed by atoms with Gasteiger partial charge in [0, 0.05) is 23.9 Å². The minimum atomic E-state index is -0.0906. The monoisotopic (exact) mass is 531 g/mol. The fourth-order valence-corrected chi connectivity index (χ4v) is 5.52. The molecule has 0 spiro atoms. The number of ether oxygens (including phenoxy) is 1. The number of thioether (sulfide) groups is 1. The van der Waals surface area contributed by atoms with Gasteiger partial charge in [0.2, 0.25) is 0 Å². The predicted octanol–water partition coefficient (Wildman–Crippen LogP) is 6.65. The molecule has 0 aliphatic carbocycles. The maximum atomic E-state index is 13.3. The predicted molar refractivity (Wildman–Crippen MR) is 151 cm³/mol. The second-order valence-electron chi connectivity index (χ2n) is 8.13. The molecule has 2 heterocycles. The Morgan fingerprint density at radius 3 is 2.47 bits per heavy atom. The lowest BCUT2D eigenvalue weighted by Gasteiger charge is -2.14. The zero-order valence-electron chi connectivity index (χ0n) is 19.4. The number of carbonyl (C=O) groups is 1. The Kier molecular flexibility index (Phi) is 7.23. The number of methoxy groups -OCH3 is 1. The van der Waals surface area contributed by atoms with Crippen LogP contribution in [0.2, 0.25) is 5.02 Å². The molecule has 1 amide bonds. The molecular formula is C28H22ClN3O2S2. The molecule has 4 aromatic rings. The van der Waals surface area contributed by atoms with Gasteiger partial charge in [-0.1, -0.05) is 84.1 Å². The number of amides is 1. The van der Waals surface area contributed by atoms with Crippen LogP contribution in [-0.2, 0) is 11.2 Å². The van der Waals surface area contributed by atoms with Crippen LogP contribution in [0.3, 0.4) is 0 Å². The zero-order chi connectivity index (χ0) is 25.1. The summed E-state index contributed by atoms with van der Waals surface area (Å²) in [5.74, 6) is 0.496. The number of carbonyl (C=O) groups excluding carboxylic acids is 1. The topological polar surface area (TPSA) is 47.4 Å². The summed E-state index contributed by atoms with van der Waals surface area (Å²) >= 11 is 13.3. The van der Waals surface area contributed by atoms with Crippen LogP contribution in [0.5, 0.6) is 5.75 Å². The molecule has 5 nitrogen and oxygen atoms in total. The summed E-state index contributed by atoms with van der Waals surface area (Å²) in [5.41, 5.74) is 4.40. The van der Waals surface area contributed by atoms with E-state index in [4.69, 9.17) is 33.7 Å². The van der Waals surface area contributed by atoms with Gasteiger partial charge < -0.3 is 4.74 Å². The van der Waals surface area contributed by atoms with Crippen molar-refractivity contribution in [2.45, 2.75) is 6.42 Å². The number of thiocarbonyl (C=S) groups is 1. The highest BCUT2D eigenvalue weighted by Gasteiger charge is 2.32. The molecule has 1 aromatic heterocycles. The van der Waals surface area contributed by atoms with Gasteiger partial charge >= 0.3 is 0 Å². The van der Waals surface area contributed by atoms with Crippen molar-refractivity contribution in [1.29, 1.82) is 0 Å². The normalized spacial score (nSPS) is 14.6.